The molecule has 1 N–H and O–H groups in total. The van der Waals surface area contributed by atoms with Crippen molar-refractivity contribution >= 4 is 11.9 Å². The molecule has 0 saturated carbocycles. The van der Waals surface area contributed by atoms with E-state index in [1.165, 1.54) is 0 Å². The SMILES string of the molecule is Cc1ccc(C(=O)O)cc1-c1cccc(C(=O)N2CCOCC2)c1. The molecule has 1 heterocycles. The van der Waals surface area contributed by atoms with Crippen LogP contribution in [-0.4, -0.2) is 48.2 Å². The molecular weight excluding hydrogens is 306 g/mol. The van der Waals surface area contributed by atoms with Gasteiger partial charge in [-0.2, -0.15) is 0 Å². The van der Waals surface area contributed by atoms with Crippen LogP contribution in [0.2, 0.25) is 0 Å². The highest BCUT2D eigenvalue weighted by molar-refractivity contribution is 5.96. The summed E-state index contributed by atoms with van der Waals surface area (Å²) in [6.07, 6.45) is 0. The van der Waals surface area contributed by atoms with Gasteiger partial charge in [-0.3, -0.25) is 4.79 Å². The number of carbonyl (C=O) groups excluding carboxylic acids is 1. The highest BCUT2D eigenvalue weighted by atomic mass is 16.5. The van der Waals surface area contributed by atoms with E-state index in [1.54, 1.807) is 29.2 Å². The number of ether oxygens (including phenoxy) is 1. The first kappa shape index (κ1) is 16.2. The number of carbonyl (C=O) groups is 2. The molecule has 1 aliphatic heterocycles. The van der Waals surface area contributed by atoms with Crippen molar-refractivity contribution in [2.45, 2.75) is 6.92 Å². The third-order valence-electron chi connectivity index (χ3n) is 4.20. The summed E-state index contributed by atoms with van der Waals surface area (Å²) in [5.41, 5.74) is 3.48. The minimum Gasteiger partial charge on any atom is -0.478 e. The van der Waals surface area contributed by atoms with E-state index in [-0.39, 0.29) is 11.5 Å². The third kappa shape index (κ3) is 3.31. The molecule has 1 saturated heterocycles. The fourth-order valence-corrected chi connectivity index (χ4v) is 2.83. The zero-order valence-corrected chi connectivity index (χ0v) is 13.5. The number of carboxylic acid groups (broad SMARTS) is 1. The van der Waals surface area contributed by atoms with Gasteiger partial charge < -0.3 is 14.7 Å². The lowest BCUT2D eigenvalue weighted by Crippen LogP contribution is -2.40. The molecule has 0 bridgehead atoms. The van der Waals surface area contributed by atoms with Gasteiger partial charge in [-0.05, 0) is 47.9 Å². The summed E-state index contributed by atoms with van der Waals surface area (Å²) in [5.74, 6) is -0.982. The minimum absolute atomic E-state index is 0.0211. The molecule has 24 heavy (non-hydrogen) atoms. The Kier molecular flexibility index (Phi) is 4.62. The second-order valence-electron chi connectivity index (χ2n) is 5.82. The topological polar surface area (TPSA) is 66.8 Å². The first-order valence-electron chi connectivity index (χ1n) is 7.87. The van der Waals surface area contributed by atoms with Crippen molar-refractivity contribution < 1.29 is 19.4 Å². The minimum atomic E-state index is -0.961. The number of morpholine rings is 1. The molecule has 0 unspecified atom stereocenters. The van der Waals surface area contributed by atoms with Gasteiger partial charge in [-0.25, -0.2) is 4.79 Å². The first-order chi connectivity index (χ1) is 11.6. The van der Waals surface area contributed by atoms with E-state index in [2.05, 4.69) is 0 Å². The van der Waals surface area contributed by atoms with Gasteiger partial charge >= 0.3 is 5.97 Å². The molecule has 0 aromatic heterocycles. The first-order valence-corrected chi connectivity index (χ1v) is 7.87. The normalized spacial score (nSPS) is 14.5. The lowest BCUT2D eigenvalue weighted by atomic mass is 9.96. The van der Waals surface area contributed by atoms with Gasteiger partial charge in [-0.15, -0.1) is 0 Å². The Hall–Kier alpha value is -2.66. The van der Waals surface area contributed by atoms with Crippen LogP contribution in [0.5, 0.6) is 0 Å². The molecule has 2 aromatic carbocycles. The Morgan fingerprint density at radius 2 is 1.79 bits per heavy atom. The summed E-state index contributed by atoms with van der Waals surface area (Å²) in [4.78, 5) is 25.6. The summed E-state index contributed by atoms with van der Waals surface area (Å²) in [6.45, 7) is 4.24. The smallest absolute Gasteiger partial charge is 0.335 e. The molecule has 0 aliphatic carbocycles. The molecule has 0 spiro atoms. The molecular formula is C19H19NO4. The highest BCUT2D eigenvalue weighted by Crippen LogP contribution is 2.26. The molecule has 1 amide bonds. The maximum absolute atomic E-state index is 12.6. The molecule has 2 aromatic rings. The van der Waals surface area contributed by atoms with E-state index in [0.717, 1.165) is 16.7 Å². The lowest BCUT2D eigenvalue weighted by Gasteiger charge is -2.27. The molecule has 1 fully saturated rings. The predicted molar refractivity (Wildman–Crippen MR) is 90.3 cm³/mol. The summed E-state index contributed by atoms with van der Waals surface area (Å²) in [5, 5.41) is 9.19. The Morgan fingerprint density at radius 1 is 1.04 bits per heavy atom. The molecule has 0 atom stereocenters. The van der Waals surface area contributed by atoms with Gasteiger partial charge in [-0.1, -0.05) is 18.2 Å². The van der Waals surface area contributed by atoms with Crippen LogP contribution < -0.4 is 0 Å². The van der Waals surface area contributed by atoms with Crippen molar-refractivity contribution in [2.24, 2.45) is 0 Å². The van der Waals surface area contributed by atoms with Crippen molar-refractivity contribution in [3.63, 3.8) is 0 Å². The van der Waals surface area contributed by atoms with Gasteiger partial charge in [0, 0.05) is 18.7 Å². The van der Waals surface area contributed by atoms with Crippen molar-refractivity contribution in [2.75, 3.05) is 26.3 Å². The Labute approximate surface area is 140 Å². The predicted octanol–water partition coefficient (Wildman–Crippen LogP) is 2.83. The fourth-order valence-electron chi connectivity index (χ4n) is 2.83. The zero-order valence-electron chi connectivity index (χ0n) is 13.5. The van der Waals surface area contributed by atoms with Crippen LogP contribution in [0.25, 0.3) is 11.1 Å². The van der Waals surface area contributed by atoms with Gasteiger partial charge in [0.15, 0.2) is 0 Å². The van der Waals surface area contributed by atoms with Crippen LogP contribution in [0.3, 0.4) is 0 Å². The van der Waals surface area contributed by atoms with E-state index in [9.17, 15) is 14.7 Å². The number of nitrogens with zero attached hydrogens (tertiary/aromatic N) is 1. The van der Waals surface area contributed by atoms with Gasteiger partial charge in [0.25, 0.3) is 5.91 Å². The quantitative estimate of drug-likeness (QED) is 0.942. The standard InChI is InChI=1S/C19H19NO4/c1-13-5-6-16(19(22)23)12-17(13)14-3-2-4-15(11-14)18(21)20-7-9-24-10-8-20/h2-6,11-12H,7-10H2,1H3,(H,22,23). The van der Waals surface area contributed by atoms with Crippen molar-refractivity contribution in [1.29, 1.82) is 0 Å². The third-order valence-corrected chi connectivity index (χ3v) is 4.20. The summed E-state index contributed by atoms with van der Waals surface area (Å²) in [6, 6.07) is 12.4. The summed E-state index contributed by atoms with van der Waals surface area (Å²) in [7, 11) is 0. The number of aryl methyl sites for hydroxylation is 1. The van der Waals surface area contributed by atoms with Gasteiger partial charge in [0.2, 0.25) is 0 Å². The van der Waals surface area contributed by atoms with Crippen molar-refractivity contribution in [1.82, 2.24) is 4.90 Å². The van der Waals surface area contributed by atoms with E-state index in [0.29, 0.717) is 31.9 Å². The van der Waals surface area contributed by atoms with Crippen LogP contribution in [0.4, 0.5) is 0 Å². The maximum atomic E-state index is 12.6. The highest BCUT2D eigenvalue weighted by Gasteiger charge is 2.19. The van der Waals surface area contributed by atoms with Crippen LogP contribution in [0.1, 0.15) is 26.3 Å². The molecule has 1 aliphatic rings. The van der Waals surface area contributed by atoms with E-state index in [1.807, 2.05) is 25.1 Å². The molecule has 3 rings (SSSR count). The zero-order chi connectivity index (χ0) is 17.1. The molecule has 5 nitrogen and oxygen atoms in total. The number of benzene rings is 2. The largest absolute Gasteiger partial charge is 0.478 e. The van der Waals surface area contributed by atoms with Crippen molar-refractivity contribution in [3.8, 4) is 11.1 Å². The Balaban J connectivity index is 1.94. The number of rotatable bonds is 3. The van der Waals surface area contributed by atoms with E-state index < -0.39 is 5.97 Å². The lowest BCUT2D eigenvalue weighted by molar-refractivity contribution is 0.0303. The van der Waals surface area contributed by atoms with E-state index >= 15 is 0 Å². The monoisotopic (exact) mass is 325 g/mol. The number of hydrogen-bond acceptors (Lipinski definition) is 3. The van der Waals surface area contributed by atoms with Gasteiger partial charge in [0.05, 0.1) is 18.8 Å². The number of carboxylic acids is 1. The van der Waals surface area contributed by atoms with Crippen LogP contribution in [0, 0.1) is 6.92 Å². The van der Waals surface area contributed by atoms with Crippen LogP contribution >= 0.6 is 0 Å². The van der Waals surface area contributed by atoms with Gasteiger partial charge in [0.1, 0.15) is 0 Å². The fraction of sp³-hybridized carbons (Fsp3) is 0.263. The Bertz CT molecular complexity index is 779. The molecule has 0 radical (unpaired) electrons. The summed E-state index contributed by atoms with van der Waals surface area (Å²) >= 11 is 0. The van der Waals surface area contributed by atoms with Crippen LogP contribution in [-0.2, 0) is 4.74 Å². The van der Waals surface area contributed by atoms with Crippen molar-refractivity contribution in [3.05, 3.63) is 59.2 Å². The van der Waals surface area contributed by atoms with Crippen LogP contribution in [0.15, 0.2) is 42.5 Å². The average Bonchev–Trinajstić information content (AvgIpc) is 2.62. The molecule has 124 valence electrons. The number of aromatic carboxylic acids is 1. The Morgan fingerprint density at radius 3 is 2.50 bits per heavy atom. The maximum Gasteiger partial charge on any atom is 0.335 e. The number of hydrogen-bond donors (Lipinski definition) is 1. The second-order valence-corrected chi connectivity index (χ2v) is 5.82. The number of amides is 1. The summed E-state index contributed by atoms with van der Waals surface area (Å²) < 4.78 is 5.28. The molecule has 5 heteroatoms. The average molecular weight is 325 g/mol. The second kappa shape index (κ2) is 6.84. The van der Waals surface area contributed by atoms with E-state index in [4.69, 9.17) is 4.74 Å².